The molecule has 7 heteroatoms. The van der Waals surface area contributed by atoms with Crippen LogP contribution in [0.4, 0.5) is 0 Å². The van der Waals surface area contributed by atoms with Gasteiger partial charge in [-0.05, 0) is 40.5 Å². The summed E-state index contributed by atoms with van der Waals surface area (Å²) in [6, 6.07) is -0.0833. The molecule has 0 unspecified atom stereocenters. The van der Waals surface area contributed by atoms with E-state index in [9.17, 15) is 9.59 Å². The molecule has 2 heterocycles. The predicted octanol–water partition coefficient (Wildman–Crippen LogP) is 2.21. The van der Waals surface area contributed by atoms with Gasteiger partial charge >= 0.3 is 0 Å². The van der Waals surface area contributed by atoms with Crippen LogP contribution in [0.1, 0.15) is 48.3 Å². The van der Waals surface area contributed by atoms with Crippen molar-refractivity contribution in [3.8, 4) is 0 Å². The fourth-order valence-corrected chi connectivity index (χ4v) is 3.93. The summed E-state index contributed by atoms with van der Waals surface area (Å²) in [5.41, 5.74) is 0.954. The largest absolute Gasteiger partial charge is 0.372 e. The Hall–Kier alpha value is -1.47. The van der Waals surface area contributed by atoms with Crippen LogP contribution in [0.25, 0.3) is 0 Å². The number of aromatic nitrogens is 1. The molecular formula is C17H27N3O3S. The summed E-state index contributed by atoms with van der Waals surface area (Å²) in [5.74, 6) is 0.0331. The number of hydrogen-bond donors (Lipinski definition) is 1. The molecule has 134 valence electrons. The first-order chi connectivity index (χ1) is 11.4. The zero-order valence-electron chi connectivity index (χ0n) is 14.9. The van der Waals surface area contributed by atoms with Crippen molar-refractivity contribution >= 4 is 23.2 Å². The van der Waals surface area contributed by atoms with E-state index in [-0.39, 0.29) is 30.4 Å². The number of rotatable bonds is 6. The normalized spacial score (nSPS) is 16.9. The summed E-state index contributed by atoms with van der Waals surface area (Å²) in [4.78, 5) is 31.9. The van der Waals surface area contributed by atoms with Crippen LogP contribution < -0.4 is 5.32 Å². The molecule has 6 nitrogen and oxygen atoms in total. The SMILES string of the molecule is CCOCC(=O)N1CCC(C(=O)N[C@@H](C)c2nc(C)sc2C)CC1. The molecule has 0 saturated carbocycles. The maximum atomic E-state index is 12.5. The number of carbonyl (C=O) groups excluding carboxylic acids is 2. The molecule has 1 fully saturated rings. The maximum Gasteiger partial charge on any atom is 0.248 e. The van der Waals surface area contributed by atoms with Crippen molar-refractivity contribution < 1.29 is 14.3 Å². The molecule has 2 rings (SSSR count). The summed E-state index contributed by atoms with van der Waals surface area (Å²) >= 11 is 1.65. The molecule has 1 aromatic heterocycles. The average molecular weight is 353 g/mol. The van der Waals surface area contributed by atoms with E-state index in [1.807, 2.05) is 27.7 Å². The number of ether oxygens (including phenoxy) is 1. The van der Waals surface area contributed by atoms with Gasteiger partial charge in [-0.15, -0.1) is 11.3 Å². The molecule has 1 aliphatic rings. The smallest absolute Gasteiger partial charge is 0.248 e. The highest BCUT2D eigenvalue weighted by molar-refractivity contribution is 7.11. The number of aryl methyl sites for hydroxylation is 2. The third-order valence-corrected chi connectivity index (χ3v) is 5.26. The first-order valence-electron chi connectivity index (χ1n) is 8.52. The molecule has 0 bridgehead atoms. The molecule has 0 aliphatic carbocycles. The number of nitrogens with zero attached hydrogens (tertiary/aromatic N) is 2. The number of likely N-dealkylation sites (tertiary alicyclic amines) is 1. The van der Waals surface area contributed by atoms with Crippen molar-refractivity contribution in [3.63, 3.8) is 0 Å². The minimum atomic E-state index is -0.0833. The fraction of sp³-hybridized carbons (Fsp3) is 0.706. The lowest BCUT2D eigenvalue weighted by molar-refractivity contribution is -0.139. The molecular weight excluding hydrogens is 326 g/mol. The van der Waals surface area contributed by atoms with Crippen molar-refractivity contribution in [1.29, 1.82) is 0 Å². The van der Waals surface area contributed by atoms with Gasteiger partial charge in [0.25, 0.3) is 0 Å². The molecule has 1 N–H and O–H groups in total. The fourth-order valence-electron chi connectivity index (χ4n) is 3.02. The quantitative estimate of drug-likeness (QED) is 0.851. The number of nitrogens with one attached hydrogen (secondary N) is 1. The first-order valence-corrected chi connectivity index (χ1v) is 9.33. The summed E-state index contributed by atoms with van der Waals surface area (Å²) in [7, 11) is 0. The van der Waals surface area contributed by atoms with Gasteiger partial charge in [0.2, 0.25) is 11.8 Å². The topological polar surface area (TPSA) is 71.5 Å². The van der Waals surface area contributed by atoms with Gasteiger partial charge in [0.15, 0.2) is 0 Å². The average Bonchev–Trinajstić information content (AvgIpc) is 2.91. The number of piperidine rings is 1. The Bertz CT molecular complexity index is 580. The highest BCUT2D eigenvalue weighted by Crippen LogP contribution is 2.24. The van der Waals surface area contributed by atoms with Gasteiger partial charge in [-0.25, -0.2) is 4.98 Å². The molecule has 1 aromatic rings. The Morgan fingerprint density at radius 2 is 2.04 bits per heavy atom. The number of carbonyl (C=O) groups is 2. The monoisotopic (exact) mass is 353 g/mol. The van der Waals surface area contributed by atoms with E-state index in [2.05, 4.69) is 10.3 Å². The predicted molar refractivity (Wildman–Crippen MR) is 93.9 cm³/mol. The lowest BCUT2D eigenvalue weighted by Gasteiger charge is -2.31. The summed E-state index contributed by atoms with van der Waals surface area (Å²) < 4.78 is 5.16. The standard InChI is InChI=1S/C17H27N3O3S/c1-5-23-10-15(21)20-8-6-14(7-9-20)17(22)18-11(2)16-12(3)24-13(4)19-16/h11,14H,5-10H2,1-4H3,(H,18,22)/t11-/m0/s1. The van der Waals surface area contributed by atoms with E-state index >= 15 is 0 Å². The van der Waals surface area contributed by atoms with Crippen molar-refractivity contribution in [3.05, 3.63) is 15.6 Å². The second kappa shape index (κ2) is 8.58. The van der Waals surface area contributed by atoms with E-state index in [4.69, 9.17) is 4.74 Å². The molecule has 1 aliphatic heterocycles. The van der Waals surface area contributed by atoms with Gasteiger partial charge in [-0.1, -0.05) is 0 Å². The minimum Gasteiger partial charge on any atom is -0.372 e. The van der Waals surface area contributed by atoms with Crippen LogP contribution in [0.2, 0.25) is 0 Å². The van der Waals surface area contributed by atoms with Crippen LogP contribution in [0.3, 0.4) is 0 Å². The molecule has 2 amide bonds. The Morgan fingerprint density at radius 3 is 2.58 bits per heavy atom. The Balaban J connectivity index is 1.82. The molecule has 24 heavy (non-hydrogen) atoms. The van der Waals surface area contributed by atoms with Crippen LogP contribution in [0.15, 0.2) is 0 Å². The second-order valence-corrected chi connectivity index (χ2v) is 7.60. The lowest BCUT2D eigenvalue weighted by atomic mass is 9.95. The number of thiazole rings is 1. The van der Waals surface area contributed by atoms with Crippen LogP contribution in [-0.4, -0.2) is 48.0 Å². The van der Waals surface area contributed by atoms with Crippen LogP contribution in [0, 0.1) is 19.8 Å². The minimum absolute atomic E-state index is 0.0117. The summed E-state index contributed by atoms with van der Waals surface area (Å²) in [6.07, 6.45) is 1.40. The molecule has 0 radical (unpaired) electrons. The van der Waals surface area contributed by atoms with E-state index in [1.165, 1.54) is 0 Å². The van der Waals surface area contributed by atoms with Gasteiger partial charge in [0.1, 0.15) is 6.61 Å². The third kappa shape index (κ3) is 4.77. The van der Waals surface area contributed by atoms with Crippen molar-refractivity contribution in [2.24, 2.45) is 5.92 Å². The van der Waals surface area contributed by atoms with Crippen molar-refractivity contribution in [2.45, 2.75) is 46.6 Å². The van der Waals surface area contributed by atoms with E-state index in [0.29, 0.717) is 32.5 Å². The highest BCUT2D eigenvalue weighted by atomic mass is 32.1. The van der Waals surface area contributed by atoms with E-state index < -0.39 is 0 Å². The highest BCUT2D eigenvalue weighted by Gasteiger charge is 2.28. The molecule has 0 spiro atoms. The van der Waals surface area contributed by atoms with Gasteiger partial charge in [-0.3, -0.25) is 9.59 Å². The Kier molecular flexibility index (Phi) is 6.74. The van der Waals surface area contributed by atoms with E-state index in [0.717, 1.165) is 15.6 Å². The van der Waals surface area contributed by atoms with Crippen molar-refractivity contribution in [1.82, 2.24) is 15.2 Å². The van der Waals surface area contributed by atoms with Crippen LogP contribution in [0.5, 0.6) is 0 Å². The Morgan fingerprint density at radius 1 is 1.38 bits per heavy atom. The van der Waals surface area contributed by atoms with Gasteiger partial charge in [0.05, 0.1) is 16.7 Å². The van der Waals surface area contributed by atoms with Crippen LogP contribution in [-0.2, 0) is 14.3 Å². The number of hydrogen-bond acceptors (Lipinski definition) is 5. The number of amides is 2. The Labute approximate surface area is 147 Å². The third-order valence-electron chi connectivity index (χ3n) is 4.36. The van der Waals surface area contributed by atoms with E-state index in [1.54, 1.807) is 16.2 Å². The maximum absolute atomic E-state index is 12.5. The molecule has 1 saturated heterocycles. The summed E-state index contributed by atoms with van der Waals surface area (Å²) in [5, 5.41) is 4.09. The van der Waals surface area contributed by atoms with Gasteiger partial charge in [0, 0.05) is 30.5 Å². The van der Waals surface area contributed by atoms with Gasteiger partial charge < -0.3 is 15.0 Å². The second-order valence-electron chi connectivity index (χ2n) is 6.20. The zero-order valence-corrected chi connectivity index (χ0v) is 15.7. The van der Waals surface area contributed by atoms with Crippen molar-refractivity contribution in [2.75, 3.05) is 26.3 Å². The first kappa shape index (κ1) is 18.9. The summed E-state index contributed by atoms with van der Waals surface area (Å²) in [6.45, 7) is 9.76. The van der Waals surface area contributed by atoms with Gasteiger partial charge in [-0.2, -0.15) is 0 Å². The van der Waals surface area contributed by atoms with Crippen LogP contribution >= 0.6 is 11.3 Å². The zero-order chi connectivity index (χ0) is 17.7. The molecule has 1 atom stereocenters. The molecule has 0 aromatic carbocycles. The lowest BCUT2D eigenvalue weighted by Crippen LogP contribution is -2.44.